The minimum atomic E-state index is -0.886. The van der Waals surface area contributed by atoms with E-state index in [1.54, 1.807) is 43.5 Å². The highest BCUT2D eigenvalue weighted by atomic mass is 16.5. The Hall–Kier alpha value is -4.14. The summed E-state index contributed by atoms with van der Waals surface area (Å²) >= 11 is 0. The maximum absolute atomic E-state index is 13.4. The van der Waals surface area contributed by atoms with E-state index < -0.39 is 17.3 Å². The molecule has 0 saturated heterocycles. The molecule has 9 nitrogen and oxygen atoms in total. The van der Waals surface area contributed by atoms with Gasteiger partial charge in [-0.2, -0.15) is 0 Å². The molecule has 0 unspecified atom stereocenters. The summed E-state index contributed by atoms with van der Waals surface area (Å²) in [4.78, 5) is 42.9. The molecule has 0 spiro atoms. The Morgan fingerprint density at radius 3 is 2.48 bits per heavy atom. The van der Waals surface area contributed by atoms with E-state index in [1.165, 1.54) is 29.6 Å². The second kappa shape index (κ2) is 7.94. The summed E-state index contributed by atoms with van der Waals surface area (Å²) in [6, 6.07) is 15.2. The highest BCUT2D eigenvalue weighted by molar-refractivity contribution is 5.96. The Balaban J connectivity index is 1.88. The van der Waals surface area contributed by atoms with E-state index in [1.807, 2.05) is 18.2 Å². The number of amides is 1. The second-order valence-electron chi connectivity index (χ2n) is 7.06. The van der Waals surface area contributed by atoms with Gasteiger partial charge >= 0.3 is 5.69 Å². The van der Waals surface area contributed by atoms with Gasteiger partial charge in [0.25, 0.3) is 11.5 Å². The van der Waals surface area contributed by atoms with Crippen molar-refractivity contribution in [3.63, 3.8) is 0 Å². The molecule has 0 bridgehead atoms. The molecule has 158 valence electrons. The van der Waals surface area contributed by atoms with Gasteiger partial charge in [0.1, 0.15) is 11.8 Å². The number of carbonyl (C=O) groups excluding carboxylic acids is 1. The third-order valence-electron chi connectivity index (χ3n) is 5.15. The number of methoxy groups -OCH3 is 1. The molecule has 0 aliphatic rings. The van der Waals surface area contributed by atoms with Crippen LogP contribution in [-0.4, -0.2) is 31.7 Å². The lowest BCUT2D eigenvalue weighted by Crippen LogP contribution is -2.38. The molecule has 0 saturated carbocycles. The first kappa shape index (κ1) is 20.1. The molecule has 0 radical (unpaired) electrons. The van der Waals surface area contributed by atoms with Gasteiger partial charge in [-0.15, -0.1) is 0 Å². The molecular weight excluding hydrogens is 398 g/mol. The number of imidazole rings is 1. The van der Waals surface area contributed by atoms with E-state index >= 15 is 0 Å². The van der Waals surface area contributed by atoms with E-state index in [0.29, 0.717) is 17.0 Å². The maximum Gasteiger partial charge on any atom is 0.332 e. The average molecular weight is 419 g/mol. The van der Waals surface area contributed by atoms with Crippen LogP contribution in [0.3, 0.4) is 0 Å². The molecule has 1 N–H and O–H groups in total. The minimum absolute atomic E-state index is 0.166. The zero-order valence-electron chi connectivity index (χ0n) is 17.3. The lowest BCUT2D eigenvalue weighted by molar-refractivity contribution is -0.118. The van der Waals surface area contributed by atoms with E-state index in [0.717, 1.165) is 4.57 Å². The van der Waals surface area contributed by atoms with E-state index in [2.05, 4.69) is 10.3 Å². The number of benzene rings is 2. The van der Waals surface area contributed by atoms with Crippen LogP contribution in [0.4, 0.5) is 5.69 Å². The molecule has 31 heavy (non-hydrogen) atoms. The molecule has 2 aromatic heterocycles. The zero-order valence-corrected chi connectivity index (χ0v) is 17.3. The summed E-state index contributed by atoms with van der Waals surface area (Å²) in [5.74, 6) is 0.237. The lowest BCUT2D eigenvalue weighted by atomic mass is 10.1. The first-order valence-electron chi connectivity index (χ1n) is 9.54. The Kier molecular flexibility index (Phi) is 5.16. The van der Waals surface area contributed by atoms with Crippen LogP contribution in [0.2, 0.25) is 0 Å². The SMILES string of the molecule is COc1cccc(NC(=O)[C@@H](c2ccccc2)n2cnc3c2c(=O)n(C)c(=O)n3C)c1. The van der Waals surface area contributed by atoms with Crippen molar-refractivity contribution in [2.75, 3.05) is 12.4 Å². The highest BCUT2D eigenvalue weighted by Gasteiger charge is 2.27. The predicted molar refractivity (Wildman–Crippen MR) is 116 cm³/mol. The van der Waals surface area contributed by atoms with Crippen LogP contribution in [-0.2, 0) is 18.9 Å². The molecule has 0 aliphatic carbocycles. The first-order valence-corrected chi connectivity index (χ1v) is 9.54. The molecule has 1 atom stereocenters. The van der Waals surface area contributed by atoms with Crippen molar-refractivity contribution in [3.8, 4) is 5.75 Å². The van der Waals surface area contributed by atoms with Crippen molar-refractivity contribution in [1.29, 1.82) is 0 Å². The van der Waals surface area contributed by atoms with Crippen molar-refractivity contribution < 1.29 is 9.53 Å². The number of fused-ring (bicyclic) bond motifs is 1. The van der Waals surface area contributed by atoms with Gasteiger partial charge in [0.15, 0.2) is 11.2 Å². The largest absolute Gasteiger partial charge is 0.497 e. The van der Waals surface area contributed by atoms with Crippen LogP contribution < -0.4 is 21.3 Å². The third-order valence-corrected chi connectivity index (χ3v) is 5.15. The topological polar surface area (TPSA) is 100 Å². The van der Waals surface area contributed by atoms with Gasteiger partial charge in [0.05, 0.1) is 13.4 Å². The smallest absolute Gasteiger partial charge is 0.332 e. The van der Waals surface area contributed by atoms with Crippen molar-refractivity contribution in [2.24, 2.45) is 14.1 Å². The Morgan fingerprint density at radius 2 is 1.77 bits per heavy atom. The van der Waals surface area contributed by atoms with Gasteiger partial charge in [-0.3, -0.25) is 18.7 Å². The van der Waals surface area contributed by atoms with Crippen molar-refractivity contribution in [2.45, 2.75) is 6.04 Å². The molecular formula is C22H21N5O4. The Bertz CT molecular complexity index is 1380. The number of anilines is 1. The van der Waals surface area contributed by atoms with Crippen molar-refractivity contribution >= 4 is 22.8 Å². The maximum atomic E-state index is 13.4. The molecule has 4 aromatic rings. The molecule has 1 amide bonds. The first-order chi connectivity index (χ1) is 14.9. The number of ether oxygens (including phenoxy) is 1. The standard InChI is InChI=1S/C22H21N5O4/c1-25-19-18(21(29)26(2)22(25)30)27(13-23-19)17(14-8-5-4-6-9-14)20(28)24-15-10-7-11-16(12-15)31-3/h4-13,17H,1-3H3,(H,24,28)/t17-/m1/s1. The molecule has 2 aromatic carbocycles. The number of rotatable bonds is 5. The molecule has 0 fully saturated rings. The van der Waals surface area contributed by atoms with Crippen LogP contribution in [0, 0.1) is 0 Å². The fourth-order valence-electron chi connectivity index (χ4n) is 3.54. The molecule has 0 aliphatic heterocycles. The van der Waals surface area contributed by atoms with E-state index in [4.69, 9.17) is 4.74 Å². The predicted octanol–water partition coefficient (Wildman–Crippen LogP) is 1.67. The summed E-state index contributed by atoms with van der Waals surface area (Å²) in [6.07, 6.45) is 1.41. The third kappa shape index (κ3) is 3.50. The fraction of sp³-hybridized carbons (Fsp3) is 0.182. The highest BCUT2D eigenvalue weighted by Crippen LogP contribution is 2.25. The monoisotopic (exact) mass is 419 g/mol. The summed E-state index contributed by atoms with van der Waals surface area (Å²) in [6.45, 7) is 0. The van der Waals surface area contributed by atoms with Crippen LogP contribution in [0.5, 0.6) is 5.75 Å². The van der Waals surface area contributed by atoms with Gasteiger partial charge in [-0.1, -0.05) is 36.4 Å². The number of nitrogens with zero attached hydrogens (tertiary/aromatic N) is 4. The summed E-state index contributed by atoms with van der Waals surface area (Å²) in [5.41, 5.74) is 0.584. The average Bonchev–Trinajstić information content (AvgIpc) is 3.22. The Labute approximate surface area is 177 Å². The molecule has 4 rings (SSSR count). The molecule has 9 heteroatoms. The van der Waals surface area contributed by atoms with Crippen LogP contribution >= 0.6 is 0 Å². The van der Waals surface area contributed by atoms with Gasteiger partial charge in [0.2, 0.25) is 0 Å². The lowest BCUT2D eigenvalue weighted by Gasteiger charge is -2.20. The number of aryl methyl sites for hydroxylation is 1. The van der Waals surface area contributed by atoms with Crippen LogP contribution in [0.15, 0.2) is 70.5 Å². The number of nitrogens with one attached hydrogen (secondary N) is 1. The van der Waals surface area contributed by atoms with Crippen molar-refractivity contribution in [3.05, 3.63) is 87.3 Å². The van der Waals surface area contributed by atoms with E-state index in [9.17, 15) is 14.4 Å². The fourth-order valence-corrected chi connectivity index (χ4v) is 3.54. The summed E-state index contributed by atoms with van der Waals surface area (Å²) in [5, 5.41) is 2.88. The summed E-state index contributed by atoms with van der Waals surface area (Å²) in [7, 11) is 4.48. The van der Waals surface area contributed by atoms with Crippen LogP contribution in [0.1, 0.15) is 11.6 Å². The zero-order chi connectivity index (χ0) is 22.1. The van der Waals surface area contributed by atoms with Crippen molar-refractivity contribution in [1.82, 2.24) is 18.7 Å². The number of aromatic nitrogens is 4. The summed E-state index contributed by atoms with van der Waals surface area (Å²) < 4.78 is 9.01. The van der Waals surface area contributed by atoms with Crippen LogP contribution in [0.25, 0.3) is 11.2 Å². The quantitative estimate of drug-likeness (QED) is 0.530. The van der Waals surface area contributed by atoms with Gasteiger partial charge in [0, 0.05) is 25.8 Å². The number of hydrogen-bond donors (Lipinski definition) is 1. The van der Waals surface area contributed by atoms with E-state index in [-0.39, 0.29) is 17.1 Å². The molecule has 2 heterocycles. The van der Waals surface area contributed by atoms with Gasteiger partial charge in [-0.05, 0) is 17.7 Å². The van der Waals surface area contributed by atoms with Gasteiger partial charge in [-0.25, -0.2) is 9.78 Å². The Morgan fingerprint density at radius 1 is 1.03 bits per heavy atom. The van der Waals surface area contributed by atoms with Gasteiger partial charge < -0.3 is 14.6 Å². The number of hydrogen-bond acceptors (Lipinski definition) is 5. The minimum Gasteiger partial charge on any atom is -0.497 e. The normalized spacial score (nSPS) is 12.0. The second-order valence-corrected chi connectivity index (χ2v) is 7.06. The number of carbonyl (C=O) groups is 1.